The second-order valence-electron chi connectivity index (χ2n) is 17.6. The Morgan fingerprint density at radius 2 is 1.19 bits per heavy atom. The number of likely N-dealkylation sites (tertiary alicyclic amines) is 2. The van der Waals surface area contributed by atoms with Crippen LogP contribution in [0.15, 0.2) is 103 Å². The van der Waals surface area contributed by atoms with Gasteiger partial charge in [-0.2, -0.15) is 0 Å². The Hall–Kier alpha value is -6.28. The second-order valence-corrected chi connectivity index (χ2v) is 17.6. The number of hydrogen-bond acceptors (Lipinski definition) is 8. The fourth-order valence-electron chi connectivity index (χ4n) is 8.66. The topological polar surface area (TPSA) is 144 Å². The second kappa shape index (κ2) is 21.4. The monoisotopic (exact) mass is 875 g/mol. The molecule has 0 radical (unpaired) electrons. The van der Waals surface area contributed by atoms with Gasteiger partial charge in [-0.15, -0.1) is 0 Å². The van der Waals surface area contributed by atoms with Crippen LogP contribution in [0.5, 0.6) is 0 Å². The number of nitrogens with zero attached hydrogens (tertiary/aromatic N) is 4. The predicted octanol–water partition coefficient (Wildman–Crippen LogP) is 7.75. The number of likely N-dealkylation sites (N-methyl/N-ethyl adjacent to an activating group) is 1. The van der Waals surface area contributed by atoms with Crippen LogP contribution in [0.1, 0.15) is 83.0 Å². The van der Waals surface area contributed by atoms with Gasteiger partial charge in [-0.05, 0) is 109 Å². The molecule has 0 spiro atoms. The van der Waals surface area contributed by atoms with E-state index in [1.165, 1.54) is 19.2 Å². The molecular weight excluding hydrogens is 814 g/mol. The van der Waals surface area contributed by atoms with Crippen LogP contribution in [0.3, 0.4) is 0 Å². The Balaban J connectivity index is 1.09. The Morgan fingerprint density at radius 3 is 1.64 bits per heavy atom. The highest BCUT2D eigenvalue weighted by molar-refractivity contribution is 5.99. The number of carbonyl (C=O) groups excluding carboxylic acids is 5. The van der Waals surface area contributed by atoms with Gasteiger partial charge in [0.05, 0.1) is 7.11 Å². The Morgan fingerprint density at radius 1 is 0.703 bits per heavy atom. The number of amides is 5. The number of hydrogen-bond donors (Lipinski definition) is 3. The summed E-state index contributed by atoms with van der Waals surface area (Å²) in [6, 6.07) is 28.5. The minimum absolute atomic E-state index is 0.0610. The maximum Gasteiger partial charge on any atom is 0.407 e. The summed E-state index contributed by atoms with van der Waals surface area (Å²) in [7, 11) is 1.24. The van der Waals surface area contributed by atoms with Crippen molar-refractivity contribution in [2.24, 2.45) is 5.41 Å². The average molecular weight is 876 g/mol. The molecule has 0 aliphatic carbocycles. The van der Waals surface area contributed by atoms with Gasteiger partial charge in [0.25, 0.3) is 0 Å². The van der Waals surface area contributed by atoms with Crippen molar-refractivity contribution >= 4 is 46.8 Å². The number of halogens is 1. The van der Waals surface area contributed by atoms with E-state index in [-0.39, 0.29) is 29.4 Å². The van der Waals surface area contributed by atoms with E-state index in [2.05, 4.69) is 25.8 Å². The Kier molecular flexibility index (Phi) is 15.8. The maximum absolute atomic E-state index is 14.1. The summed E-state index contributed by atoms with van der Waals surface area (Å²) in [6.45, 7) is 12.9. The van der Waals surface area contributed by atoms with Crippen LogP contribution < -0.4 is 20.9 Å². The largest absolute Gasteiger partial charge is 0.453 e. The summed E-state index contributed by atoms with van der Waals surface area (Å²) in [5.41, 5.74) is 4.20. The van der Waals surface area contributed by atoms with Crippen LogP contribution in [0, 0.1) is 11.2 Å². The van der Waals surface area contributed by atoms with E-state index < -0.39 is 35.7 Å². The molecule has 13 nitrogen and oxygen atoms in total. The van der Waals surface area contributed by atoms with Gasteiger partial charge in [-0.25, -0.2) is 9.18 Å². The lowest BCUT2D eigenvalue weighted by Gasteiger charge is -2.35. The quantitative estimate of drug-likeness (QED) is 0.104. The molecule has 5 amide bonds. The number of methoxy groups -OCH3 is 1. The lowest BCUT2D eigenvalue weighted by Crippen LogP contribution is -2.57. The third kappa shape index (κ3) is 11.6. The van der Waals surface area contributed by atoms with Crippen molar-refractivity contribution in [3.8, 4) is 0 Å². The van der Waals surface area contributed by atoms with Crippen molar-refractivity contribution in [2.75, 3.05) is 48.8 Å². The first-order chi connectivity index (χ1) is 30.7. The lowest BCUT2D eigenvalue weighted by molar-refractivity contribution is -0.141. The lowest BCUT2D eigenvalue weighted by atomic mass is 9.85. The molecule has 2 fully saturated rings. The average Bonchev–Trinajstić information content (AvgIpc) is 4.00. The molecule has 4 aromatic rings. The van der Waals surface area contributed by atoms with E-state index in [0.29, 0.717) is 69.9 Å². The molecule has 6 rings (SSSR count). The van der Waals surface area contributed by atoms with Crippen molar-refractivity contribution in [3.05, 3.63) is 126 Å². The van der Waals surface area contributed by atoms with E-state index in [4.69, 9.17) is 4.74 Å². The van der Waals surface area contributed by atoms with Gasteiger partial charge in [0, 0.05) is 43.2 Å². The van der Waals surface area contributed by atoms with Crippen LogP contribution >= 0.6 is 0 Å². The molecule has 2 aliphatic rings. The number of nitrogens with one attached hydrogen (secondary N) is 3. The number of ether oxygens (including phenoxy) is 1. The number of rotatable bonds is 16. The smallest absolute Gasteiger partial charge is 0.407 e. The number of benzene rings is 4. The summed E-state index contributed by atoms with van der Waals surface area (Å²) >= 11 is 0. The van der Waals surface area contributed by atoms with Crippen molar-refractivity contribution < 1.29 is 33.1 Å². The molecule has 0 saturated carbocycles. The molecule has 14 heteroatoms. The van der Waals surface area contributed by atoms with Gasteiger partial charge >= 0.3 is 6.09 Å². The number of carbonyl (C=O) groups is 5. The van der Waals surface area contributed by atoms with E-state index in [1.807, 2.05) is 113 Å². The van der Waals surface area contributed by atoms with Crippen molar-refractivity contribution in [3.63, 3.8) is 0 Å². The van der Waals surface area contributed by atoms with Crippen molar-refractivity contribution in [1.82, 2.24) is 20.0 Å². The van der Waals surface area contributed by atoms with Crippen LogP contribution in [0.2, 0.25) is 0 Å². The summed E-state index contributed by atoms with van der Waals surface area (Å²) < 4.78 is 18.8. The SMILES string of the molecule is CCN(CC)[C@@H](C(=O)N1CCC[C@H]1C(=O)Nc1ccc(CN(Cc2ccc(NC(=O)[C@@H]3CCCN3C(=O)[C@@H](NC(=O)OC)C(C)(C)C)cc2)c2ccc(F)cc2)cc1)c1ccccc1. The molecule has 340 valence electrons. The molecular formula is C50H62FN7O6. The molecule has 64 heavy (non-hydrogen) atoms. The molecule has 0 bridgehead atoms. The third-order valence-electron chi connectivity index (χ3n) is 12.1. The van der Waals surface area contributed by atoms with Gasteiger partial charge in [-0.1, -0.05) is 89.2 Å². The van der Waals surface area contributed by atoms with Crippen LogP contribution in [-0.4, -0.2) is 95.8 Å². The normalized spacial score (nSPS) is 17.1. The van der Waals surface area contributed by atoms with E-state index in [1.54, 1.807) is 21.9 Å². The first kappa shape index (κ1) is 47.2. The fraction of sp³-hybridized carbons (Fsp3) is 0.420. The molecule has 0 aromatic heterocycles. The van der Waals surface area contributed by atoms with Crippen molar-refractivity contribution in [2.45, 2.75) is 97.6 Å². The van der Waals surface area contributed by atoms with Crippen LogP contribution in [0.4, 0.5) is 26.2 Å². The van der Waals surface area contributed by atoms with Crippen LogP contribution in [0.25, 0.3) is 0 Å². The molecule has 2 aliphatic heterocycles. The maximum atomic E-state index is 14.1. The zero-order valence-electron chi connectivity index (χ0n) is 37.8. The zero-order valence-corrected chi connectivity index (χ0v) is 37.8. The zero-order chi connectivity index (χ0) is 46.0. The Labute approximate surface area is 376 Å². The summed E-state index contributed by atoms with van der Waals surface area (Å²) in [6.07, 6.45) is 1.78. The van der Waals surface area contributed by atoms with Gasteiger partial charge in [0.1, 0.15) is 30.0 Å². The third-order valence-corrected chi connectivity index (χ3v) is 12.1. The summed E-state index contributed by atoms with van der Waals surface area (Å²) in [5.74, 6) is -1.26. The Bertz CT molecular complexity index is 2210. The number of alkyl carbamates (subject to hydrolysis) is 1. The standard InChI is InChI=1S/C50H62FN7O6/c1-7-55(8-2)43(36-14-10-9-11-15-36)47(61)57-30-12-16-41(57)45(59)52-38-24-18-34(19-25-38)32-56(40-28-22-37(51)23-29-40)33-35-20-26-39(27-21-35)53-46(60)42-17-13-31-58(42)48(62)44(50(3,4)5)54-49(63)64-6/h9-11,14-15,18-29,41-44H,7-8,12-13,16-17,30-33H2,1-6H3,(H,52,59)(H,53,60)(H,54,63)/t41-,42-,43+,44+/m0/s1. The molecule has 4 atom stereocenters. The molecule has 0 unspecified atom stereocenters. The minimum Gasteiger partial charge on any atom is -0.453 e. The van der Waals surface area contributed by atoms with E-state index in [9.17, 15) is 28.4 Å². The fourth-order valence-corrected chi connectivity index (χ4v) is 8.66. The van der Waals surface area contributed by atoms with E-state index >= 15 is 0 Å². The first-order valence-corrected chi connectivity index (χ1v) is 22.2. The van der Waals surface area contributed by atoms with Gasteiger partial charge in [0.15, 0.2) is 0 Å². The van der Waals surface area contributed by atoms with Gasteiger partial charge in [0.2, 0.25) is 23.6 Å². The van der Waals surface area contributed by atoms with Crippen molar-refractivity contribution in [1.29, 1.82) is 0 Å². The molecule has 2 heterocycles. The highest BCUT2D eigenvalue weighted by Crippen LogP contribution is 2.30. The van der Waals surface area contributed by atoms with Crippen LogP contribution in [-0.2, 0) is 37.0 Å². The molecule has 3 N–H and O–H groups in total. The first-order valence-electron chi connectivity index (χ1n) is 22.2. The van der Waals surface area contributed by atoms with Gasteiger partial charge in [-0.3, -0.25) is 24.1 Å². The predicted molar refractivity (Wildman–Crippen MR) is 247 cm³/mol. The minimum atomic E-state index is -0.876. The highest BCUT2D eigenvalue weighted by atomic mass is 19.1. The molecule has 4 aromatic carbocycles. The summed E-state index contributed by atoms with van der Waals surface area (Å²) in [4.78, 5) is 74.7. The summed E-state index contributed by atoms with van der Waals surface area (Å²) in [5, 5.41) is 8.67. The van der Waals surface area contributed by atoms with Gasteiger partial charge < -0.3 is 35.4 Å². The molecule has 2 saturated heterocycles. The highest BCUT2D eigenvalue weighted by Gasteiger charge is 2.42. The van der Waals surface area contributed by atoms with E-state index in [0.717, 1.165) is 28.8 Å². The number of anilines is 3.